The monoisotopic (exact) mass is 358 g/mol. The van der Waals surface area contributed by atoms with E-state index in [0.29, 0.717) is 0 Å². The summed E-state index contributed by atoms with van der Waals surface area (Å²) in [5.41, 5.74) is 0. The van der Waals surface area contributed by atoms with Gasteiger partial charge in [0.05, 0.1) is 0 Å². The second-order valence-electron chi connectivity index (χ2n) is 2.12. The molecule has 0 fully saturated rings. The Morgan fingerprint density at radius 1 is 0.588 bits per heavy atom. The van der Waals surface area contributed by atoms with Crippen molar-refractivity contribution in [2.75, 3.05) is 0 Å². The van der Waals surface area contributed by atoms with Crippen molar-refractivity contribution in [3.05, 3.63) is 61.2 Å². The van der Waals surface area contributed by atoms with Gasteiger partial charge in [0.2, 0.25) is 0 Å². The summed E-state index contributed by atoms with van der Waals surface area (Å²) in [6, 6.07) is 11.4. The van der Waals surface area contributed by atoms with Crippen LogP contribution in [0.3, 0.4) is 0 Å². The minimum atomic E-state index is -2.03. The van der Waals surface area contributed by atoms with Crippen LogP contribution in [-0.2, 0) is 25.3 Å². The fourth-order valence-corrected chi connectivity index (χ4v) is 0.625. The van der Waals surface area contributed by atoms with Gasteiger partial charge >= 0.3 is 25.3 Å². The van der Waals surface area contributed by atoms with Crippen LogP contribution in [0.2, 0.25) is 0 Å². The van der Waals surface area contributed by atoms with Gasteiger partial charge in [0.25, 0.3) is 0 Å². The summed E-state index contributed by atoms with van der Waals surface area (Å²) in [6.07, 6.45) is 7.00. The van der Waals surface area contributed by atoms with E-state index >= 15 is 0 Å². The summed E-state index contributed by atoms with van der Waals surface area (Å²) in [5.74, 6) is 0. The van der Waals surface area contributed by atoms with E-state index in [1.807, 2.05) is 36.4 Å². The van der Waals surface area contributed by atoms with Crippen LogP contribution < -0.4 is 24.8 Å². The van der Waals surface area contributed by atoms with E-state index in [2.05, 4.69) is 9.97 Å². The molecule has 2 rings (SSSR count). The van der Waals surface area contributed by atoms with Crippen molar-refractivity contribution in [1.82, 2.24) is 9.97 Å². The van der Waals surface area contributed by atoms with Gasteiger partial charge in [-0.2, -0.15) is 0 Å². The fraction of sp³-hybridized carbons (Fsp3) is 0. The minimum Gasteiger partial charge on any atom is -0.265 e. The molecule has 0 aliphatic rings. The summed E-state index contributed by atoms with van der Waals surface area (Å²) in [4.78, 5) is 7.57. The first-order valence-corrected chi connectivity index (χ1v) is 5.67. The third-order valence-electron chi connectivity index (χ3n) is 1.13. The number of pyridine rings is 2. The van der Waals surface area contributed by atoms with Gasteiger partial charge in [0.15, 0.2) is 0 Å². The van der Waals surface area contributed by atoms with E-state index in [1.165, 1.54) is 0 Å². The molecule has 0 unspecified atom stereocenters. The number of halogens is 2. The van der Waals surface area contributed by atoms with Gasteiger partial charge in [-0.05, 0) is 24.3 Å². The summed E-state index contributed by atoms with van der Waals surface area (Å²) in [6.45, 7) is 0. The van der Waals surface area contributed by atoms with Crippen molar-refractivity contribution in [2.45, 2.75) is 0 Å². The number of aromatic nitrogens is 2. The van der Waals surface area contributed by atoms with Crippen molar-refractivity contribution in [1.29, 1.82) is 0 Å². The number of hydrogen-bond donors (Lipinski definition) is 0. The molecule has 0 amide bonds. The van der Waals surface area contributed by atoms with Crippen LogP contribution in [0.25, 0.3) is 0 Å². The van der Waals surface area contributed by atoms with Gasteiger partial charge in [0, 0.05) is 24.8 Å². The molecule has 0 bridgehead atoms. The topological polar surface area (TPSA) is 59.9 Å². The zero-order valence-electron chi connectivity index (χ0n) is 8.65. The standard InChI is InChI=1S/2C5H5N.2ClH.Mo.2O/c2*1-2-4-6-5-3-1;;;;;/h2*1-5H;2*1H;;;/q;;;;+2;;/p-2. The SMILES string of the molecule is [Cl-].[Cl-].[O]=[Mo+2]=[O].c1ccncc1.c1ccncc1. The largest absolute Gasteiger partial charge is 0.265 e. The third-order valence-corrected chi connectivity index (χ3v) is 1.13. The summed E-state index contributed by atoms with van der Waals surface area (Å²) >= 11 is -2.03. The van der Waals surface area contributed by atoms with E-state index in [1.54, 1.807) is 24.8 Å². The van der Waals surface area contributed by atoms with Crippen molar-refractivity contribution < 1.29 is 50.1 Å². The maximum atomic E-state index is 8.50. The molecule has 2 aromatic rings. The molecule has 0 radical (unpaired) electrons. The molecule has 0 saturated heterocycles. The van der Waals surface area contributed by atoms with Crippen molar-refractivity contribution >= 4 is 0 Å². The summed E-state index contributed by atoms with van der Waals surface area (Å²) in [5, 5.41) is 0. The molecular formula is C10H10Cl2MoN2O2. The van der Waals surface area contributed by atoms with Crippen LogP contribution in [0, 0.1) is 0 Å². The molecule has 2 aromatic heterocycles. The van der Waals surface area contributed by atoms with E-state index in [9.17, 15) is 0 Å². The van der Waals surface area contributed by atoms with E-state index in [-0.39, 0.29) is 24.8 Å². The van der Waals surface area contributed by atoms with Gasteiger partial charge < -0.3 is 24.8 Å². The summed E-state index contributed by atoms with van der Waals surface area (Å²) in [7, 11) is 0. The molecule has 0 aliphatic carbocycles. The molecule has 0 N–H and O–H groups in total. The van der Waals surface area contributed by atoms with Crippen LogP contribution in [0.15, 0.2) is 61.2 Å². The van der Waals surface area contributed by atoms with E-state index in [4.69, 9.17) is 6.80 Å². The molecule has 4 nitrogen and oxygen atoms in total. The first-order valence-electron chi connectivity index (χ1n) is 4.03. The van der Waals surface area contributed by atoms with Crippen molar-refractivity contribution in [2.24, 2.45) is 0 Å². The Morgan fingerprint density at radius 3 is 0.882 bits per heavy atom. The Labute approximate surface area is 121 Å². The molecule has 0 aliphatic heterocycles. The molecule has 0 aromatic carbocycles. The smallest absolute Gasteiger partial charge is 0.0267 e. The zero-order chi connectivity index (χ0) is 11.2. The third kappa shape index (κ3) is 21.1. The normalized spacial score (nSPS) is 6.12. The molecule has 0 spiro atoms. The molecule has 0 saturated carbocycles. The van der Waals surface area contributed by atoms with Gasteiger partial charge in [0.1, 0.15) is 0 Å². The van der Waals surface area contributed by atoms with Gasteiger partial charge in [-0.1, -0.05) is 12.1 Å². The number of hydrogen-bond acceptors (Lipinski definition) is 4. The maximum absolute atomic E-state index is 8.50. The van der Waals surface area contributed by atoms with Gasteiger partial charge in [-0.15, -0.1) is 0 Å². The minimum absolute atomic E-state index is 0. The average molecular weight is 357 g/mol. The second-order valence-corrected chi connectivity index (χ2v) is 2.45. The predicted octanol–water partition coefficient (Wildman–Crippen LogP) is -4.07. The van der Waals surface area contributed by atoms with Crippen LogP contribution in [-0.4, -0.2) is 9.97 Å². The number of nitrogens with zero attached hydrogens (tertiary/aromatic N) is 2. The Morgan fingerprint density at radius 2 is 0.824 bits per heavy atom. The Kier molecular flexibility index (Phi) is 26.0. The zero-order valence-corrected chi connectivity index (χ0v) is 12.2. The molecule has 2 heterocycles. The Balaban J connectivity index is -0.000000173. The van der Waals surface area contributed by atoms with E-state index in [0.717, 1.165) is 0 Å². The maximum Gasteiger partial charge on any atom is 0.0267 e. The predicted molar refractivity (Wildman–Crippen MR) is 49.8 cm³/mol. The first kappa shape index (κ1) is 21.5. The molecular weight excluding hydrogens is 347 g/mol. The van der Waals surface area contributed by atoms with Crippen molar-refractivity contribution in [3.63, 3.8) is 0 Å². The van der Waals surface area contributed by atoms with Crippen LogP contribution >= 0.6 is 0 Å². The summed E-state index contributed by atoms with van der Waals surface area (Å²) < 4.78 is 17.0. The quantitative estimate of drug-likeness (QED) is 0.451. The van der Waals surface area contributed by atoms with E-state index < -0.39 is 18.5 Å². The molecule has 0 atom stereocenters. The van der Waals surface area contributed by atoms with Gasteiger partial charge in [-0.25, -0.2) is 0 Å². The Bertz CT molecular complexity index is 274. The first-order chi connectivity index (χ1) is 7.41. The Hall–Kier alpha value is -0.832. The van der Waals surface area contributed by atoms with Gasteiger partial charge in [-0.3, -0.25) is 9.97 Å². The fourth-order valence-electron chi connectivity index (χ4n) is 0.625. The average Bonchev–Trinajstić information content (AvgIpc) is 2.35. The molecule has 17 heavy (non-hydrogen) atoms. The van der Waals surface area contributed by atoms with Crippen LogP contribution in [0.4, 0.5) is 0 Å². The second kappa shape index (κ2) is 20.6. The molecule has 7 heteroatoms. The van der Waals surface area contributed by atoms with Crippen molar-refractivity contribution in [3.8, 4) is 0 Å². The molecule has 92 valence electrons. The van der Waals surface area contributed by atoms with Crippen LogP contribution in [0.5, 0.6) is 0 Å². The number of rotatable bonds is 0. The van der Waals surface area contributed by atoms with Crippen LogP contribution in [0.1, 0.15) is 0 Å².